The van der Waals surface area contributed by atoms with E-state index in [1.54, 1.807) is 20.8 Å². The third kappa shape index (κ3) is 7.13. The van der Waals surface area contributed by atoms with Gasteiger partial charge in [0.15, 0.2) is 0 Å². The molecule has 3 aromatic carbocycles. The molecule has 1 amide bonds. The van der Waals surface area contributed by atoms with Gasteiger partial charge in [0.05, 0.1) is 31.9 Å². The summed E-state index contributed by atoms with van der Waals surface area (Å²) in [6.07, 6.45) is -4.03. The highest BCUT2D eigenvalue weighted by Gasteiger charge is 2.55. The van der Waals surface area contributed by atoms with Crippen LogP contribution in [-0.2, 0) is 20.5 Å². The topological polar surface area (TPSA) is 88.5 Å². The van der Waals surface area contributed by atoms with Crippen molar-refractivity contribution in [1.82, 2.24) is 4.90 Å². The standard InChI is InChI=1S/C34H45NO6Si/c1-33(2,3)40-32(38)35-22-29(31(37)30(36)28(35)24-39-23-25-16-10-7-11-17-25)41-42(34(4,5)6,26-18-12-8-13-19-26)27-20-14-9-15-21-27/h7-21,28-31,36-37H,22-24H2,1-6H3/t28-,29+,30+,31-/m1/s1. The summed E-state index contributed by atoms with van der Waals surface area (Å²) in [6, 6.07) is 29.1. The van der Waals surface area contributed by atoms with Crippen LogP contribution in [0.1, 0.15) is 47.1 Å². The second-order valence-electron chi connectivity index (χ2n) is 13.0. The highest BCUT2D eigenvalue weighted by molar-refractivity contribution is 6.99. The Labute approximate surface area is 251 Å². The molecule has 0 bridgehead atoms. The monoisotopic (exact) mass is 591 g/mol. The Balaban J connectivity index is 1.70. The molecular formula is C34H45NO6Si. The number of carbonyl (C=O) groups is 1. The van der Waals surface area contributed by atoms with E-state index in [1.807, 2.05) is 66.7 Å². The second kappa shape index (κ2) is 13.1. The Bertz CT molecular complexity index is 1240. The molecule has 4 rings (SSSR count). The van der Waals surface area contributed by atoms with Crippen LogP contribution in [0.5, 0.6) is 0 Å². The number of amides is 1. The van der Waals surface area contributed by atoms with Crippen LogP contribution in [0.4, 0.5) is 4.79 Å². The maximum atomic E-state index is 13.6. The van der Waals surface area contributed by atoms with Crippen molar-refractivity contribution in [3.63, 3.8) is 0 Å². The van der Waals surface area contributed by atoms with Gasteiger partial charge < -0.3 is 24.1 Å². The van der Waals surface area contributed by atoms with E-state index >= 15 is 0 Å². The molecule has 1 aliphatic rings. The number of nitrogens with zero attached hydrogens (tertiary/aromatic N) is 1. The Morgan fingerprint density at radius 3 is 1.79 bits per heavy atom. The van der Waals surface area contributed by atoms with Gasteiger partial charge in [-0.15, -0.1) is 0 Å². The number of rotatable bonds is 8. The van der Waals surface area contributed by atoms with E-state index in [4.69, 9.17) is 13.9 Å². The van der Waals surface area contributed by atoms with Crippen LogP contribution < -0.4 is 10.4 Å². The first-order chi connectivity index (χ1) is 19.8. The largest absolute Gasteiger partial charge is 0.444 e. The molecule has 7 nitrogen and oxygen atoms in total. The molecule has 0 saturated carbocycles. The molecule has 42 heavy (non-hydrogen) atoms. The summed E-state index contributed by atoms with van der Waals surface area (Å²) in [5, 5.41) is 24.8. The maximum absolute atomic E-state index is 13.6. The summed E-state index contributed by atoms with van der Waals surface area (Å²) in [6.45, 7) is 12.2. The fraction of sp³-hybridized carbons (Fsp3) is 0.441. The van der Waals surface area contributed by atoms with Gasteiger partial charge in [0.25, 0.3) is 8.32 Å². The van der Waals surface area contributed by atoms with E-state index in [0.717, 1.165) is 15.9 Å². The van der Waals surface area contributed by atoms with Crippen LogP contribution in [0.3, 0.4) is 0 Å². The first kappa shape index (κ1) is 31.9. The van der Waals surface area contributed by atoms with E-state index in [1.165, 1.54) is 4.90 Å². The normalized spacial score (nSPS) is 21.7. The van der Waals surface area contributed by atoms with Gasteiger partial charge in [0, 0.05) is 0 Å². The molecular weight excluding hydrogens is 546 g/mol. The van der Waals surface area contributed by atoms with E-state index in [0.29, 0.717) is 6.61 Å². The van der Waals surface area contributed by atoms with Crippen molar-refractivity contribution in [2.24, 2.45) is 0 Å². The molecule has 1 saturated heterocycles. The smallest absolute Gasteiger partial charge is 0.410 e. The predicted molar refractivity (Wildman–Crippen MR) is 167 cm³/mol. The summed E-state index contributed by atoms with van der Waals surface area (Å²) >= 11 is 0. The van der Waals surface area contributed by atoms with Crippen molar-refractivity contribution in [2.45, 2.75) is 83.1 Å². The first-order valence-electron chi connectivity index (χ1n) is 14.6. The average Bonchev–Trinajstić information content (AvgIpc) is 2.95. The number of aliphatic hydroxyl groups is 2. The van der Waals surface area contributed by atoms with Crippen LogP contribution in [0.15, 0.2) is 91.0 Å². The van der Waals surface area contributed by atoms with Crippen LogP contribution in [0.2, 0.25) is 5.04 Å². The van der Waals surface area contributed by atoms with Crippen LogP contribution in [-0.4, -0.2) is 72.6 Å². The zero-order chi connectivity index (χ0) is 30.5. The molecule has 4 atom stereocenters. The number of hydrogen-bond donors (Lipinski definition) is 2. The summed E-state index contributed by atoms with van der Waals surface area (Å²) in [7, 11) is -3.09. The van der Waals surface area contributed by atoms with Crippen molar-refractivity contribution >= 4 is 24.8 Å². The zero-order valence-electron chi connectivity index (χ0n) is 25.6. The van der Waals surface area contributed by atoms with Crippen LogP contribution >= 0.6 is 0 Å². The molecule has 226 valence electrons. The number of aliphatic hydroxyl groups excluding tert-OH is 2. The number of likely N-dealkylation sites (tertiary alicyclic amines) is 1. The fourth-order valence-corrected chi connectivity index (χ4v) is 10.4. The second-order valence-corrected chi connectivity index (χ2v) is 17.3. The minimum absolute atomic E-state index is 0.0261. The Morgan fingerprint density at radius 1 is 0.810 bits per heavy atom. The van der Waals surface area contributed by atoms with Gasteiger partial charge in [-0.3, -0.25) is 4.90 Å². The molecule has 0 aliphatic carbocycles. The summed E-state index contributed by atoms with van der Waals surface area (Å²) in [5.41, 5.74) is 0.224. The molecule has 2 N–H and O–H groups in total. The number of benzene rings is 3. The van der Waals surface area contributed by atoms with Gasteiger partial charge in [-0.2, -0.15) is 0 Å². The molecule has 1 aliphatic heterocycles. The van der Waals surface area contributed by atoms with Crippen molar-refractivity contribution in [3.05, 3.63) is 96.6 Å². The number of hydrogen-bond acceptors (Lipinski definition) is 6. The lowest BCUT2D eigenvalue weighted by Crippen LogP contribution is -2.72. The fourth-order valence-electron chi connectivity index (χ4n) is 5.69. The highest BCUT2D eigenvalue weighted by Crippen LogP contribution is 2.39. The molecule has 1 heterocycles. The number of piperidine rings is 1. The highest BCUT2D eigenvalue weighted by atomic mass is 28.4. The van der Waals surface area contributed by atoms with Crippen LogP contribution in [0.25, 0.3) is 0 Å². The molecule has 0 unspecified atom stereocenters. The first-order valence-corrected chi connectivity index (χ1v) is 16.5. The average molecular weight is 592 g/mol. The lowest BCUT2D eigenvalue weighted by atomic mass is 9.94. The Kier molecular flexibility index (Phi) is 9.95. The minimum atomic E-state index is -3.09. The lowest BCUT2D eigenvalue weighted by Gasteiger charge is -2.50. The van der Waals surface area contributed by atoms with Crippen molar-refractivity contribution < 1.29 is 28.9 Å². The molecule has 0 aromatic heterocycles. The molecule has 1 fully saturated rings. The van der Waals surface area contributed by atoms with E-state index in [9.17, 15) is 15.0 Å². The summed E-state index contributed by atoms with van der Waals surface area (Å²) in [4.78, 5) is 15.0. The number of carbonyl (C=O) groups excluding carboxylic acids is 1. The Hall–Kier alpha value is -3.01. The molecule has 0 radical (unpaired) electrons. The maximum Gasteiger partial charge on any atom is 0.410 e. The van der Waals surface area contributed by atoms with Gasteiger partial charge in [0.2, 0.25) is 0 Å². The van der Waals surface area contributed by atoms with Gasteiger partial charge in [-0.1, -0.05) is 112 Å². The van der Waals surface area contributed by atoms with Crippen LogP contribution in [0, 0.1) is 0 Å². The Morgan fingerprint density at radius 2 is 1.31 bits per heavy atom. The summed E-state index contributed by atoms with van der Waals surface area (Å²) in [5.74, 6) is 0. The quantitative estimate of drug-likeness (QED) is 0.376. The molecule has 3 aromatic rings. The molecule has 8 heteroatoms. The molecule has 0 spiro atoms. The van der Waals surface area contributed by atoms with Gasteiger partial charge in [-0.05, 0) is 41.7 Å². The van der Waals surface area contributed by atoms with Crippen molar-refractivity contribution in [2.75, 3.05) is 13.2 Å². The third-order valence-corrected chi connectivity index (χ3v) is 12.7. The van der Waals surface area contributed by atoms with E-state index < -0.39 is 44.4 Å². The van der Waals surface area contributed by atoms with Gasteiger partial charge in [-0.25, -0.2) is 4.79 Å². The van der Waals surface area contributed by atoms with Gasteiger partial charge in [0.1, 0.15) is 17.8 Å². The van der Waals surface area contributed by atoms with E-state index in [2.05, 4.69) is 45.0 Å². The third-order valence-electron chi connectivity index (χ3n) is 7.68. The number of ether oxygens (including phenoxy) is 2. The van der Waals surface area contributed by atoms with E-state index in [-0.39, 0.29) is 18.2 Å². The van der Waals surface area contributed by atoms with Crippen molar-refractivity contribution in [1.29, 1.82) is 0 Å². The summed E-state index contributed by atoms with van der Waals surface area (Å²) < 4.78 is 18.9. The lowest BCUT2D eigenvalue weighted by molar-refractivity contribution is -0.142. The SMILES string of the molecule is CC(C)(C)OC(=O)N1C[C@H](O[Si](c2ccccc2)(c2ccccc2)C(C)(C)C)[C@@H](O)[C@@H](O)[C@H]1COCc1ccccc1. The zero-order valence-corrected chi connectivity index (χ0v) is 26.6. The predicted octanol–water partition coefficient (Wildman–Crippen LogP) is 4.49. The van der Waals surface area contributed by atoms with Crippen molar-refractivity contribution in [3.8, 4) is 0 Å². The van der Waals surface area contributed by atoms with Gasteiger partial charge >= 0.3 is 6.09 Å². The minimum Gasteiger partial charge on any atom is -0.444 e.